The fraction of sp³-hybridized carbons (Fsp3) is 0.476. The topological polar surface area (TPSA) is 128 Å². The van der Waals surface area contributed by atoms with Crippen molar-refractivity contribution in [3.8, 4) is 0 Å². The van der Waals surface area contributed by atoms with Crippen LogP contribution in [0.25, 0.3) is 0 Å². The van der Waals surface area contributed by atoms with E-state index in [4.69, 9.17) is 9.47 Å². The number of hydrogen-bond acceptors (Lipinski definition) is 8. The van der Waals surface area contributed by atoms with E-state index in [1.165, 1.54) is 6.92 Å². The van der Waals surface area contributed by atoms with E-state index < -0.39 is 29.6 Å². The van der Waals surface area contributed by atoms with E-state index >= 15 is 0 Å². The van der Waals surface area contributed by atoms with Crippen LogP contribution in [0.5, 0.6) is 0 Å². The predicted octanol–water partition coefficient (Wildman–Crippen LogP) is 2.09. The van der Waals surface area contributed by atoms with Gasteiger partial charge in [0.05, 0.1) is 13.0 Å². The van der Waals surface area contributed by atoms with Crippen molar-refractivity contribution in [2.24, 2.45) is 0 Å². The Bertz CT molecular complexity index is 791. The lowest BCUT2D eigenvalue weighted by Crippen LogP contribution is -2.47. The van der Waals surface area contributed by atoms with Crippen molar-refractivity contribution in [1.82, 2.24) is 10.6 Å². The van der Waals surface area contributed by atoms with E-state index in [-0.39, 0.29) is 36.2 Å². The molecule has 170 valence electrons. The quantitative estimate of drug-likeness (QED) is 0.408. The first kappa shape index (κ1) is 26.2. The zero-order valence-electron chi connectivity index (χ0n) is 18.1. The summed E-state index contributed by atoms with van der Waals surface area (Å²) in [6.07, 6.45) is -0.789. The van der Waals surface area contributed by atoms with Gasteiger partial charge in [-0.05, 0) is 27.7 Å². The smallest absolute Gasteiger partial charge is 0.408 e. The fourth-order valence-electron chi connectivity index (χ4n) is 2.09. The normalized spacial score (nSPS) is 11.7. The van der Waals surface area contributed by atoms with Crippen molar-refractivity contribution in [1.29, 1.82) is 0 Å². The number of rotatable bonds is 10. The lowest BCUT2D eigenvalue weighted by atomic mass is 10.1. The van der Waals surface area contributed by atoms with E-state index in [0.29, 0.717) is 5.56 Å². The van der Waals surface area contributed by atoms with Gasteiger partial charge in [0.25, 0.3) is 0 Å². The van der Waals surface area contributed by atoms with Crippen LogP contribution >= 0.6 is 11.8 Å². The maximum absolute atomic E-state index is 11.9. The molecule has 2 N–H and O–H groups in total. The number of carbonyl (C=O) groups is 5. The summed E-state index contributed by atoms with van der Waals surface area (Å²) in [5, 5.41) is 4.42. The van der Waals surface area contributed by atoms with Gasteiger partial charge in [0.15, 0.2) is 12.4 Å². The van der Waals surface area contributed by atoms with Crippen molar-refractivity contribution in [3.63, 3.8) is 0 Å². The highest BCUT2D eigenvalue weighted by Crippen LogP contribution is 2.07. The van der Waals surface area contributed by atoms with Crippen LogP contribution in [0.3, 0.4) is 0 Å². The molecule has 0 saturated heterocycles. The first-order valence-corrected chi connectivity index (χ1v) is 10.6. The summed E-state index contributed by atoms with van der Waals surface area (Å²) >= 11 is 0.859. The van der Waals surface area contributed by atoms with Gasteiger partial charge in [0.1, 0.15) is 11.6 Å². The molecule has 1 atom stereocenters. The van der Waals surface area contributed by atoms with Gasteiger partial charge in [-0.3, -0.25) is 19.2 Å². The summed E-state index contributed by atoms with van der Waals surface area (Å²) < 4.78 is 9.96. The second kappa shape index (κ2) is 12.7. The van der Waals surface area contributed by atoms with E-state index in [9.17, 15) is 24.0 Å². The minimum Gasteiger partial charge on any atom is -0.457 e. The zero-order chi connectivity index (χ0) is 23.4. The molecule has 1 aromatic carbocycles. The monoisotopic (exact) mass is 452 g/mol. The molecule has 0 fully saturated rings. The number of Topliss-reactive ketones (excluding diaryl/α,β-unsaturated/α-hetero) is 1. The second-order valence-electron chi connectivity index (χ2n) is 7.51. The second-order valence-corrected chi connectivity index (χ2v) is 8.66. The minimum absolute atomic E-state index is 0.0526. The highest BCUT2D eigenvalue weighted by Gasteiger charge is 2.21. The maximum Gasteiger partial charge on any atom is 0.408 e. The highest BCUT2D eigenvalue weighted by molar-refractivity contribution is 8.13. The number of nitrogens with one attached hydrogen (secondary N) is 2. The number of ether oxygens (including phenoxy) is 2. The number of carbonyl (C=O) groups excluding carboxylic acids is 5. The molecule has 0 spiro atoms. The average Bonchev–Trinajstić information content (AvgIpc) is 2.69. The zero-order valence-corrected chi connectivity index (χ0v) is 18.9. The van der Waals surface area contributed by atoms with Gasteiger partial charge in [0.2, 0.25) is 11.0 Å². The van der Waals surface area contributed by atoms with Gasteiger partial charge in [-0.25, -0.2) is 4.79 Å². The van der Waals surface area contributed by atoms with Crippen LogP contribution in [0.1, 0.15) is 44.5 Å². The summed E-state index contributed by atoms with van der Waals surface area (Å²) in [5.74, 6) is -1.30. The van der Waals surface area contributed by atoms with E-state index in [0.717, 1.165) is 11.8 Å². The van der Waals surface area contributed by atoms with Crippen molar-refractivity contribution >= 4 is 40.6 Å². The van der Waals surface area contributed by atoms with Gasteiger partial charge in [-0.1, -0.05) is 42.1 Å². The summed E-state index contributed by atoms with van der Waals surface area (Å²) in [5.41, 5.74) is -0.242. The number of amides is 2. The molecule has 1 rings (SSSR count). The average molecular weight is 453 g/mol. The van der Waals surface area contributed by atoms with Gasteiger partial charge < -0.3 is 20.1 Å². The molecular weight excluding hydrogens is 424 g/mol. The number of hydrogen-bond donors (Lipinski definition) is 2. The van der Waals surface area contributed by atoms with Gasteiger partial charge in [-0.15, -0.1) is 0 Å². The Morgan fingerprint density at radius 1 is 1.06 bits per heavy atom. The van der Waals surface area contributed by atoms with Gasteiger partial charge in [-0.2, -0.15) is 0 Å². The van der Waals surface area contributed by atoms with Gasteiger partial charge in [0, 0.05) is 11.3 Å². The predicted molar refractivity (Wildman–Crippen MR) is 116 cm³/mol. The molecule has 0 aliphatic carbocycles. The number of alkyl carbamates (subject to hydrolysis) is 1. The maximum atomic E-state index is 11.9. The molecular formula is C21H28N2O7S. The van der Waals surface area contributed by atoms with Crippen molar-refractivity contribution in [3.05, 3.63) is 35.9 Å². The van der Waals surface area contributed by atoms with Crippen LogP contribution in [0.2, 0.25) is 0 Å². The molecule has 9 nitrogen and oxygen atoms in total. The first-order chi connectivity index (χ1) is 14.5. The van der Waals surface area contributed by atoms with Crippen LogP contribution in [0.4, 0.5) is 4.79 Å². The molecule has 0 aromatic heterocycles. The van der Waals surface area contributed by atoms with Crippen LogP contribution in [-0.2, 0) is 23.9 Å². The van der Waals surface area contributed by atoms with E-state index in [1.54, 1.807) is 51.1 Å². The number of esters is 1. The van der Waals surface area contributed by atoms with Crippen LogP contribution < -0.4 is 10.6 Å². The number of thioether (sulfide) groups is 1. The minimum atomic E-state index is -0.884. The number of benzene rings is 1. The molecule has 0 unspecified atom stereocenters. The van der Waals surface area contributed by atoms with Crippen molar-refractivity contribution < 1.29 is 33.4 Å². The Hall–Kier alpha value is -2.88. The van der Waals surface area contributed by atoms with Crippen LogP contribution in [0, 0.1) is 0 Å². The standard InChI is InChI=1S/C21H28N2O7S/c1-14(23-20(28)30-21(2,3)4)19(27)22-12-18(26)31-11-10-17(25)29-13-16(24)15-8-6-5-7-9-15/h5-9,14H,10-13H2,1-4H3,(H,22,27)(H,23,28)/t14-/m0/s1. The molecule has 0 bridgehead atoms. The molecule has 1 aromatic rings. The lowest BCUT2D eigenvalue weighted by Gasteiger charge is -2.21. The third-order valence-corrected chi connectivity index (χ3v) is 4.44. The molecule has 31 heavy (non-hydrogen) atoms. The Morgan fingerprint density at radius 3 is 2.32 bits per heavy atom. The highest BCUT2D eigenvalue weighted by atomic mass is 32.2. The SMILES string of the molecule is C[C@H](NC(=O)OC(C)(C)C)C(=O)NCC(=O)SCCC(=O)OCC(=O)c1ccccc1. The van der Waals surface area contributed by atoms with Crippen molar-refractivity contribution in [2.45, 2.75) is 45.8 Å². The Labute approximate surface area is 185 Å². The number of ketones is 1. The summed E-state index contributed by atoms with van der Waals surface area (Å²) in [6, 6.07) is 7.57. The first-order valence-electron chi connectivity index (χ1n) is 9.64. The molecule has 0 saturated carbocycles. The Morgan fingerprint density at radius 2 is 1.71 bits per heavy atom. The Kier molecular flexibility index (Phi) is 10.7. The van der Waals surface area contributed by atoms with Crippen LogP contribution in [0.15, 0.2) is 30.3 Å². The lowest BCUT2D eigenvalue weighted by molar-refractivity contribution is -0.142. The molecule has 2 amide bonds. The fourth-order valence-corrected chi connectivity index (χ4v) is 2.76. The third kappa shape index (κ3) is 11.8. The summed E-state index contributed by atoms with van der Waals surface area (Å²) in [6.45, 7) is 5.94. The van der Waals surface area contributed by atoms with E-state index in [1.807, 2.05) is 0 Å². The molecule has 10 heteroatoms. The summed E-state index contributed by atoms with van der Waals surface area (Å²) in [7, 11) is 0. The van der Waals surface area contributed by atoms with E-state index in [2.05, 4.69) is 10.6 Å². The summed E-state index contributed by atoms with van der Waals surface area (Å²) in [4.78, 5) is 59.0. The van der Waals surface area contributed by atoms with Crippen LogP contribution in [-0.4, -0.2) is 59.4 Å². The molecule has 0 aliphatic rings. The van der Waals surface area contributed by atoms with Crippen molar-refractivity contribution in [2.75, 3.05) is 18.9 Å². The largest absolute Gasteiger partial charge is 0.457 e. The third-order valence-electron chi connectivity index (χ3n) is 3.56. The molecule has 0 radical (unpaired) electrons. The molecule has 0 heterocycles. The molecule has 0 aliphatic heterocycles. The van der Waals surface area contributed by atoms with Gasteiger partial charge >= 0.3 is 12.1 Å². The Balaban J connectivity index is 2.20.